The predicted octanol–water partition coefficient (Wildman–Crippen LogP) is 2.09. The highest BCUT2D eigenvalue weighted by Gasteiger charge is 2.07. The van der Waals surface area contributed by atoms with E-state index >= 15 is 0 Å². The largest absolute Gasteiger partial charge is 0.484 e. The van der Waals surface area contributed by atoms with Gasteiger partial charge in [-0.05, 0) is 36.1 Å². The molecule has 110 valence electrons. The fourth-order valence-corrected chi connectivity index (χ4v) is 1.89. The molecule has 20 heavy (non-hydrogen) atoms. The van der Waals surface area contributed by atoms with Gasteiger partial charge in [-0.1, -0.05) is 19.9 Å². The first-order valence-corrected chi connectivity index (χ1v) is 6.62. The number of carboxylic acid groups (broad SMARTS) is 1. The number of ether oxygens (including phenoxy) is 1. The van der Waals surface area contributed by atoms with Crippen molar-refractivity contribution < 1.29 is 19.4 Å². The maximum atomic E-state index is 11.4. The van der Waals surface area contributed by atoms with Crippen LogP contribution in [0, 0.1) is 6.92 Å². The molecule has 0 aliphatic rings. The van der Waals surface area contributed by atoms with Crippen molar-refractivity contribution >= 4 is 11.9 Å². The molecule has 5 nitrogen and oxygen atoms in total. The molecule has 1 rings (SSSR count). The van der Waals surface area contributed by atoms with Crippen molar-refractivity contribution in [1.82, 2.24) is 5.32 Å². The van der Waals surface area contributed by atoms with Crippen molar-refractivity contribution in [3.8, 4) is 5.75 Å². The molecule has 0 aromatic heterocycles. The molecule has 1 amide bonds. The summed E-state index contributed by atoms with van der Waals surface area (Å²) in [5, 5.41) is 10.9. The van der Waals surface area contributed by atoms with Crippen molar-refractivity contribution in [1.29, 1.82) is 0 Å². The van der Waals surface area contributed by atoms with Crippen molar-refractivity contribution in [3.05, 3.63) is 29.3 Å². The normalized spacial score (nSPS) is 10.4. The number of rotatable bonds is 7. The summed E-state index contributed by atoms with van der Waals surface area (Å²) in [6.45, 7) is 6.26. The minimum absolute atomic E-state index is 0.0894. The van der Waals surface area contributed by atoms with E-state index in [-0.39, 0.29) is 25.5 Å². The number of nitrogens with one attached hydrogen (secondary N) is 1. The van der Waals surface area contributed by atoms with Gasteiger partial charge in [0, 0.05) is 6.54 Å². The van der Waals surface area contributed by atoms with E-state index in [1.165, 1.54) is 5.56 Å². The van der Waals surface area contributed by atoms with E-state index in [0.717, 1.165) is 5.56 Å². The van der Waals surface area contributed by atoms with E-state index in [2.05, 4.69) is 19.2 Å². The highest BCUT2D eigenvalue weighted by Crippen LogP contribution is 2.23. The third-order valence-corrected chi connectivity index (χ3v) is 2.89. The minimum atomic E-state index is -0.939. The van der Waals surface area contributed by atoms with E-state index in [0.29, 0.717) is 11.7 Å². The van der Waals surface area contributed by atoms with Gasteiger partial charge in [-0.3, -0.25) is 9.59 Å². The lowest BCUT2D eigenvalue weighted by atomic mass is 9.98. The Morgan fingerprint density at radius 2 is 2.05 bits per heavy atom. The number of carbonyl (C=O) groups is 2. The monoisotopic (exact) mass is 279 g/mol. The fraction of sp³-hybridized carbons (Fsp3) is 0.467. The van der Waals surface area contributed by atoms with Gasteiger partial charge in [0.25, 0.3) is 5.91 Å². The maximum absolute atomic E-state index is 11.4. The highest BCUT2D eigenvalue weighted by atomic mass is 16.5. The number of amides is 1. The zero-order chi connectivity index (χ0) is 15.1. The van der Waals surface area contributed by atoms with Crippen LogP contribution in [0.4, 0.5) is 0 Å². The Morgan fingerprint density at radius 3 is 2.60 bits per heavy atom. The smallest absolute Gasteiger partial charge is 0.305 e. The molecule has 0 heterocycles. The SMILES string of the molecule is Cc1cc(OCC(=O)NCCC(=O)O)ccc1C(C)C. The first-order chi connectivity index (χ1) is 9.40. The first-order valence-electron chi connectivity index (χ1n) is 6.62. The Balaban J connectivity index is 2.44. The Morgan fingerprint density at radius 1 is 1.35 bits per heavy atom. The maximum Gasteiger partial charge on any atom is 0.305 e. The molecular weight excluding hydrogens is 258 g/mol. The number of benzene rings is 1. The van der Waals surface area contributed by atoms with Crippen LogP contribution in [0.3, 0.4) is 0 Å². The number of carboxylic acids is 1. The minimum Gasteiger partial charge on any atom is -0.484 e. The van der Waals surface area contributed by atoms with Gasteiger partial charge in [0.1, 0.15) is 5.75 Å². The molecule has 1 aromatic carbocycles. The van der Waals surface area contributed by atoms with Crippen molar-refractivity contribution in [3.63, 3.8) is 0 Å². The number of hydrogen-bond donors (Lipinski definition) is 2. The van der Waals surface area contributed by atoms with Crippen LogP contribution in [0.5, 0.6) is 5.75 Å². The van der Waals surface area contributed by atoms with Crippen molar-refractivity contribution in [2.75, 3.05) is 13.2 Å². The molecule has 0 aliphatic carbocycles. The molecule has 0 bridgehead atoms. The summed E-state index contributed by atoms with van der Waals surface area (Å²) in [6, 6.07) is 5.74. The molecule has 0 spiro atoms. The third-order valence-electron chi connectivity index (χ3n) is 2.89. The zero-order valence-electron chi connectivity index (χ0n) is 12.1. The van der Waals surface area contributed by atoms with Crippen LogP contribution < -0.4 is 10.1 Å². The lowest BCUT2D eigenvalue weighted by molar-refractivity contribution is -0.137. The van der Waals surface area contributed by atoms with Crippen LogP contribution in [-0.2, 0) is 9.59 Å². The Kier molecular flexibility index (Phi) is 6.03. The van der Waals surface area contributed by atoms with Gasteiger partial charge in [0.15, 0.2) is 6.61 Å². The Hall–Kier alpha value is -2.04. The van der Waals surface area contributed by atoms with Gasteiger partial charge in [0.05, 0.1) is 6.42 Å². The zero-order valence-corrected chi connectivity index (χ0v) is 12.1. The molecule has 0 fully saturated rings. The molecule has 1 aromatic rings. The molecule has 0 aliphatic heterocycles. The number of aryl methyl sites for hydroxylation is 1. The van der Waals surface area contributed by atoms with E-state index in [4.69, 9.17) is 9.84 Å². The van der Waals surface area contributed by atoms with E-state index in [1.54, 1.807) is 0 Å². The van der Waals surface area contributed by atoms with Crippen LogP contribution >= 0.6 is 0 Å². The lowest BCUT2D eigenvalue weighted by Gasteiger charge is -2.12. The first kappa shape index (κ1) is 16.0. The molecule has 0 unspecified atom stereocenters. The molecule has 2 N–H and O–H groups in total. The van der Waals surface area contributed by atoms with Crippen LogP contribution in [-0.4, -0.2) is 30.1 Å². The summed E-state index contributed by atoms with van der Waals surface area (Å²) in [6.07, 6.45) is -0.0894. The molecule has 0 radical (unpaired) electrons. The van der Waals surface area contributed by atoms with Crippen molar-refractivity contribution in [2.45, 2.75) is 33.1 Å². The lowest BCUT2D eigenvalue weighted by Crippen LogP contribution is -2.30. The fourth-order valence-electron chi connectivity index (χ4n) is 1.89. The second kappa shape index (κ2) is 7.53. The third kappa shape index (κ3) is 5.30. The Bertz CT molecular complexity index is 483. The van der Waals surface area contributed by atoms with Gasteiger partial charge in [-0.25, -0.2) is 0 Å². The highest BCUT2D eigenvalue weighted by molar-refractivity contribution is 5.78. The van der Waals surface area contributed by atoms with Gasteiger partial charge in [-0.2, -0.15) is 0 Å². The quantitative estimate of drug-likeness (QED) is 0.801. The molecule has 5 heteroatoms. The van der Waals surface area contributed by atoms with Gasteiger partial charge >= 0.3 is 5.97 Å². The van der Waals surface area contributed by atoms with E-state index in [9.17, 15) is 9.59 Å². The Labute approximate surface area is 118 Å². The summed E-state index contributed by atoms with van der Waals surface area (Å²) >= 11 is 0. The summed E-state index contributed by atoms with van der Waals surface area (Å²) in [5.41, 5.74) is 2.38. The molecular formula is C15H21NO4. The summed E-state index contributed by atoms with van der Waals surface area (Å²) < 4.78 is 5.38. The van der Waals surface area contributed by atoms with Crippen LogP contribution in [0.25, 0.3) is 0 Å². The summed E-state index contributed by atoms with van der Waals surface area (Å²) in [7, 11) is 0. The number of carbonyl (C=O) groups excluding carboxylic acids is 1. The van der Waals surface area contributed by atoms with Gasteiger partial charge < -0.3 is 15.2 Å². The van der Waals surface area contributed by atoms with Gasteiger partial charge in [-0.15, -0.1) is 0 Å². The standard InChI is InChI=1S/C15H21NO4/c1-10(2)13-5-4-12(8-11(13)3)20-9-14(17)16-7-6-15(18)19/h4-5,8,10H,6-7,9H2,1-3H3,(H,16,17)(H,18,19). The van der Waals surface area contributed by atoms with E-state index in [1.807, 2.05) is 25.1 Å². The molecule has 0 atom stereocenters. The average Bonchev–Trinajstić information content (AvgIpc) is 2.35. The second-order valence-electron chi connectivity index (χ2n) is 4.96. The molecule has 0 saturated heterocycles. The van der Waals surface area contributed by atoms with E-state index < -0.39 is 5.97 Å². The topological polar surface area (TPSA) is 75.6 Å². The van der Waals surface area contributed by atoms with Crippen LogP contribution in [0.2, 0.25) is 0 Å². The summed E-state index contributed by atoms with van der Waals surface area (Å²) in [4.78, 5) is 21.7. The average molecular weight is 279 g/mol. The van der Waals surface area contributed by atoms with Crippen molar-refractivity contribution in [2.24, 2.45) is 0 Å². The van der Waals surface area contributed by atoms with Crippen LogP contribution in [0.15, 0.2) is 18.2 Å². The van der Waals surface area contributed by atoms with Gasteiger partial charge in [0.2, 0.25) is 0 Å². The molecule has 0 saturated carbocycles. The summed E-state index contributed by atoms with van der Waals surface area (Å²) in [5.74, 6) is -0.174. The second-order valence-corrected chi connectivity index (χ2v) is 4.96. The number of hydrogen-bond acceptors (Lipinski definition) is 3. The number of aliphatic carboxylic acids is 1. The van der Waals surface area contributed by atoms with Crippen LogP contribution in [0.1, 0.15) is 37.3 Å². The predicted molar refractivity (Wildman–Crippen MR) is 76.0 cm³/mol.